The molecule has 6 nitrogen and oxygen atoms in total. The number of carbonyl (C=O) groups is 2. The maximum Gasteiger partial charge on any atom is 0.250 e. The molecule has 0 aliphatic carbocycles. The van der Waals surface area contributed by atoms with Gasteiger partial charge in [0.15, 0.2) is 4.34 Å². The first kappa shape index (κ1) is 16.4. The van der Waals surface area contributed by atoms with Crippen LogP contribution in [0.1, 0.15) is 28.7 Å². The summed E-state index contributed by atoms with van der Waals surface area (Å²) in [5, 5.41) is 11.3. The third-order valence-corrected chi connectivity index (χ3v) is 5.15. The van der Waals surface area contributed by atoms with Crippen molar-refractivity contribution in [2.45, 2.75) is 29.9 Å². The zero-order valence-corrected chi connectivity index (χ0v) is 13.8. The minimum atomic E-state index is -0.573. The van der Waals surface area contributed by atoms with Gasteiger partial charge in [0.25, 0.3) is 5.91 Å². The van der Waals surface area contributed by atoms with Gasteiger partial charge in [0.05, 0.1) is 16.5 Å². The Morgan fingerprint density at radius 3 is 2.68 bits per heavy atom. The van der Waals surface area contributed by atoms with E-state index in [2.05, 4.69) is 15.5 Å². The summed E-state index contributed by atoms with van der Waals surface area (Å²) in [5.74, 6) is -0.759. The highest BCUT2D eigenvalue weighted by atomic mass is 32.2. The van der Waals surface area contributed by atoms with Crippen LogP contribution in [0.25, 0.3) is 0 Å². The summed E-state index contributed by atoms with van der Waals surface area (Å²) >= 11 is 2.82. The summed E-state index contributed by atoms with van der Waals surface area (Å²) in [6, 6.07) is 6.68. The SMILES string of the molecule is CCC(Sc1nnc(C)s1)C(=O)Nc1ccccc1C(N)=O. The van der Waals surface area contributed by atoms with Crippen LogP contribution in [-0.2, 0) is 4.79 Å². The molecule has 1 heterocycles. The van der Waals surface area contributed by atoms with Crippen molar-refractivity contribution in [3.8, 4) is 0 Å². The van der Waals surface area contributed by atoms with Crippen LogP contribution in [0.3, 0.4) is 0 Å². The molecule has 3 N–H and O–H groups in total. The quantitative estimate of drug-likeness (QED) is 0.790. The Morgan fingerprint density at radius 1 is 1.36 bits per heavy atom. The van der Waals surface area contributed by atoms with E-state index in [0.29, 0.717) is 17.7 Å². The summed E-state index contributed by atoms with van der Waals surface area (Å²) in [4.78, 5) is 23.8. The molecule has 8 heteroatoms. The number of nitrogens with two attached hydrogens (primary N) is 1. The molecule has 0 spiro atoms. The Kier molecular flexibility index (Phi) is 5.51. The lowest BCUT2D eigenvalue weighted by atomic mass is 10.1. The average molecular weight is 336 g/mol. The van der Waals surface area contributed by atoms with Crippen LogP contribution >= 0.6 is 23.1 Å². The van der Waals surface area contributed by atoms with Gasteiger partial charge in [-0.2, -0.15) is 0 Å². The van der Waals surface area contributed by atoms with Gasteiger partial charge in [0.1, 0.15) is 5.01 Å². The number of rotatable bonds is 6. The summed E-state index contributed by atoms with van der Waals surface area (Å²) in [6.45, 7) is 3.79. The number of para-hydroxylation sites is 1. The minimum absolute atomic E-state index is 0.186. The maximum absolute atomic E-state index is 12.4. The van der Waals surface area contributed by atoms with Crippen molar-refractivity contribution in [1.29, 1.82) is 0 Å². The molecule has 0 bridgehead atoms. The van der Waals surface area contributed by atoms with Crippen LogP contribution in [0.15, 0.2) is 28.6 Å². The number of anilines is 1. The Labute approximate surface area is 136 Å². The molecule has 1 aromatic carbocycles. The number of primary amides is 1. The van der Waals surface area contributed by atoms with E-state index in [1.165, 1.54) is 23.1 Å². The standard InChI is InChI=1S/C14H16N4O2S2/c1-3-11(22-14-18-17-8(2)21-14)13(20)16-10-7-5-4-6-9(10)12(15)19/h4-7,11H,3H2,1-2H3,(H2,15,19)(H,16,20). The van der Waals surface area contributed by atoms with Gasteiger partial charge >= 0.3 is 0 Å². The Bertz CT molecular complexity index is 687. The largest absolute Gasteiger partial charge is 0.366 e. The third-order valence-electron chi connectivity index (χ3n) is 2.86. The third kappa shape index (κ3) is 4.05. The Hall–Kier alpha value is -1.93. The van der Waals surface area contributed by atoms with E-state index in [4.69, 9.17) is 5.73 Å². The molecule has 22 heavy (non-hydrogen) atoms. The van der Waals surface area contributed by atoms with E-state index >= 15 is 0 Å². The predicted molar refractivity (Wildman–Crippen MR) is 88.2 cm³/mol. The van der Waals surface area contributed by atoms with Gasteiger partial charge in [-0.1, -0.05) is 42.2 Å². The van der Waals surface area contributed by atoms with Gasteiger partial charge in [-0.3, -0.25) is 9.59 Å². The Morgan fingerprint density at radius 2 is 2.09 bits per heavy atom. The minimum Gasteiger partial charge on any atom is -0.366 e. The van der Waals surface area contributed by atoms with E-state index in [1.807, 2.05) is 13.8 Å². The van der Waals surface area contributed by atoms with E-state index in [9.17, 15) is 9.59 Å². The number of benzene rings is 1. The maximum atomic E-state index is 12.4. The fourth-order valence-electron chi connectivity index (χ4n) is 1.79. The molecule has 1 unspecified atom stereocenters. The number of nitrogens with one attached hydrogen (secondary N) is 1. The highest BCUT2D eigenvalue weighted by molar-refractivity contribution is 8.02. The van der Waals surface area contributed by atoms with E-state index < -0.39 is 5.91 Å². The van der Waals surface area contributed by atoms with Gasteiger partial charge in [0.2, 0.25) is 5.91 Å². The predicted octanol–water partition coefficient (Wildman–Crippen LogP) is 2.45. The van der Waals surface area contributed by atoms with Gasteiger partial charge in [-0.25, -0.2) is 0 Å². The zero-order valence-electron chi connectivity index (χ0n) is 12.2. The van der Waals surface area contributed by atoms with Crippen molar-refractivity contribution in [1.82, 2.24) is 10.2 Å². The molecule has 0 fully saturated rings. The van der Waals surface area contributed by atoms with Crippen LogP contribution in [0.5, 0.6) is 0 Å². The smallest absolute Gasteiger partial charge is 0.250 e. The van der Waals surface area contributed by atoms with Gasteiger partial charge < -0.3 is 11.1 Å². The van der Waals surface area contributed by atoms with Gasteiger partial charge in [-0.05, 0) is 25.5 Å². The molecular weight excluding hydrogens is 320 g/mol. The monoisotopic (exact) mass is 336 g/mol. The molecule has 1 aromatic heterocycles. The first-order chi connectivity index (χ1) is 10.5. The first-order valence-electron chi connectivity index (χ1n) is 6.67. The highest BCUT2D eigenvalue weighted by Gasteiger charge is 2.21. The molecule has 2 amide bonds. The molecule has 0 saturated heterocycles. The number of aromatic nitrogens is 2. The highest BCUT2D eigenvalue weighted by Crippen LogP contribution is 2.29. The van der Waals surface area contributed by atoms with E-state index in [-0.39, 0.29) is 11.2 Å². The van der Waals surface area contributed by atoms with Crippen LogP contribution < -0.4 is 11.1 Å². The topological polar surface area (TPSA) is 98.0 Å². The molecule has 0 saturated carbocycles. The fourth-order valence-corrected chi connectivity index (χ4v) is 3.77. The lowest BCUT2D eigenvalue weighted by molar-refractivity contribution is -0.115. The molecule has 0 aliphatic heterocycles. The van der Waals surface area contributed by atoms with Gasteiger partial charge in [-0.15, -0.1) is 10.2 Å². The summed E-state index contributed by atoms with van der Waals surface area (Å²) in [7, 11) is 0. The molecule has 2 rings (SSSR count). The van der Waals surface area contributed by atoms with Crippen molar-refractivity contribution in [2.75, 3.05) is 5.32 Å². The Balaban J connectivity index is 2.11. The molecule has 1 atom stereocenters. The van der Waals surface area contributed by atoms with Crippen molar-refractivity contribution in [3.63, 3.8) is 0 Å². The number of nitrogens with zero attached hydrogens (tertiary/aromatic N) is 2. The zero-order chi connectivity index (χ0) is 16.1. The molecular formula is C14H16N4O2S2. The molecule has 0 aliphatic rings. The van der Waals surface area contributed by atoms with Crippen molar-refractivity contribution >= 4 is 40.6 Å². The summed E-state index contributed by atoms with van der Waals surface area (Å²) in [6.07, 6.45) is 0.633. The fraction of sp³-hybridized carbons (Fsp3) is 0.286. The number of hydrogen-bond donors (Lipinski definition) is 2. The lowest BCUT2D eigenvalue weighted by Gasteiger charge is -2.14. The normalized spacial score (nSPS) is 11.9. The van der Waals surface area contributed by atoms with Crippen LogP contribution in [0, 0.1) is 6.92 Å². The van der Waals surface area contributed by atoms with Crippen LogP contribution in [0.2, 0.25) is 0 Å². The second kappa shape index (κ2) is 7.37. The summed E-state index contributed by atoms with van der Waals surface area (Å²) < 4.78 is 0.752. The molecule has 0 radical (unpaired) electrons. The number of carbonyl (C=O) groups excluding carboxylic acids is 2. The van der Waals surface area contributed by atoms with Gasteiger partial charge in [0, 0.05) is 0 Å². The van der Waals surface area contributed by atoms with Crippen LogP contribution in [0.4, 0.5) is 5.69 Å². The van der Waals surface area contributed by atoms with Crippen molar-refractivity contribution < 1.29 is 9.59 Å². The number of amides is 2. The number of hydrogen-bond acceptors (Lipinski definition) is 6. The second-order valence-corrected chi connectivity index (χ2v) is 7.13. The van der Waals surface area contributed by atoms with Crippen molar-refractivity contribution in [3.05, 3.63) is 34.8 Å². The number of aryl methyl sites for hydroxylation is 1. The molecule has 116 valence electrons. The first-order valence-corrected chi connectivity index (χ1v) is 8.37. The van der Waals surface area contributed by atoms with Crippen molar-refractivity contribution in [2.24, 2.45) is 5.73 Å². The van der Waals surface area contributed by atoms with E-state index in [0.717, 1.165) is 9.35 Å². The van der Waals surface area contributed by atoms with E-state index in [1.54, 1.807) is 24.3 Å². The molecule has 2 aromatic rings. The van der Waals surface area contributed by atoms with Crippen LogP contribution in [-0.4, -0.2) is 27.3 Å². The number of thioether (sulfide) groups is 1. The average Bonchev–Trinajstić information content (AvgIpc) is 2.90. The second-order valence-electron chi connectivity index (χ2n) is 4.50. The lowest BCUT2D eigenvalue weighted by Crippen LogP contribution is -2.26. The summed E-state index contributed by atoms with van der Waals surface area (Å²) in [5.41, 5.74) is 6.03.